The zero-order valence-electron chi connectivity index (χ0n) is 25.7. The number of aromatic amines is 1. The van der Waals surface area contributed by atoms with Crippen LogP contribution in [0.15, 0.2) is 84.9 Å². The van der Waals surface area contributed by atoms with Gasteiger partial charge in [-0.1, -0.05) is 42.5 Å². The molecule has 0 unspecified atom stereocenters. The fraction of sp³-hybridized carbons (Fsp3) is 0.278. The van der Waals surface area contributed by atoms with Crippen LogP contribution in [-0.2, 0) is 26.2 Å². The van der Waals surface area contributed by atoms with Gasteiger partial charge in [0.25, 0.3) is 0 Å². The lowest BCUT2D eigenvalue weighted by Crippen LogP contribution is -2.23. The van der Waals surface area contributed by atoms with Crippen molar-refractivity contribution in [1.82, 2.24) is 19.4 Å². The molecule has 0 amide bonds. The number of fused-ring (bicyclic) bond motifs is 3. The van der Waals surface area contributed by atoms with Crippen molar-refractivity contribution in [2.24, 2.45) is 0 Å². The van der Waals surface area contributed by atoms with E-state index in [0.29, 0.717) is 24.4 Å². The highest BCUT2D eigenvalue weighted by Gasteiger charge is 2.21. The van der Waals surface area contributed by atoms with Crippen LogP contribution in [0.1, 0.15) is 33.7 Å². The molecular formula is C36H37N5O2S2. The highest BCUT2D eigenvalue weighted by Crippen LogP contribution is 2.34. The number of benzene rings is 3. The van der Waals surface area contributed by atoms with Crippen LogP contribution in [0.3, 0.4) is 0 Å². The van der Waals surface area contributed by atoms with Crippen LogP contribution in [0, 0.1) is 4.77 Å². The predicted molar refractivity (Wildman–Crippen MR) is 186 cm³/mol. The van der Waals surface area contributed by atoms with Gasteiger partial charge in [-0.3, -0.25) is 4.90 Å². The average molecular weight is 636 g/mol. The Kier molecular flexibility index (Phi) is 8.56. The van der Waals surface area contributed by atoms with E-state index in [1.54, 1.807) is 14.2 Å². The molecule has 3 aromatic heterocycles. The topological polar surface area (TPSA) is 58.6 Å². The van der Waals surface area contributed by atoms with Gasteiger partial charge in [-0.25, -0.2) is 4.98 Å². The molecule has 45 heavy (non-hydrogen) atoms. The van der Waals surface area contributed by atoms with Gasteiger partial charge in [-0.2, -0.15) is 0 Å². The Hall–Kier alpha value is -4.18. The molecule has 230 valence electrons. The summed E-state index contributed by atoms with van der Waals surface area (Å²) in [6.45, 7) is 5.47. The van der Waals surface area contributed by atoms with E-state index in [4.69, 9.17) is 26.7 Å². The van der Waals surface area contributed by atoms with E-state index in [1.807, 2.05) is 35.6 Å². The summed E-state index contributed by atoms with van der Waals surface area (Å²) in [6.07, 6.45) is 2.61. The number of imidazole rings is 1. The number of methoxy groups -OCH3 is 2. The molecule has 1 aliphatic heterocycles. The number of rotatable bonds is 11. The fourth-order valence-electron chi connectivity index (χ4n) is 6.25. The second kappa shape index (κ2) is 13.0. The molecule has 1 fully saturated rings. The summed E-state index contributed by atoms with van der Waals surface area (Å²) in [5.41, 5.74) is 5.31. The zero-order chi connectivity index (χ0) is 30.8. The van der Waals surface area contributed by atoms with Crippen LogP contribution in [0.4, 0.5) is 5.82 Å². The smallest absolute Gasteiger partial charge is 0.178 e. The van der Waals surface area contributed by atoms with Gasteiger partial charge in [-0.15, -0.1) is 11.3 Å². The number of thiophene rings is 1. The lowest BCUT2D eigenvalue weighted by atomic mass is 10.1. The maximum atomic E-state index is 6.03. The molecule has 9 heteroatoms. The van der Waals surface area contributed by atoms with Crippen LogP contribution in [0.5, 0.6) is 11.5 Å². The molecule has 0 spiro atoms. The molecule has 0 bridgehead atoms. The molecule has 7 rings (SSSR count). The Labute approximate surface area is 272 Å². The first kappa shape index (κ1) is 29.5. The molecular weight excluding hydrogens is 599 g/mol. The minimum atomic E-state index is 0.660. The van der Waals surface area contributed by atoms with Crippen LogP contribution >= 0.6 is 23.6 Å². The van der Waals surface area contributed by atoms with Crippen molar-refractivity contribution in [3.63, 3.8) is 0 Å². The molecule has 0 aliphatic carbocycles. The third-order valence-electron chi connectivity index (χ3n) is 8.57. The number of hydrogen-bond acceptors (Lipinski definition) is 7. The number of para-hydroxylation sites is 1. The van der Waals surface area contributed by atoms with Crippen molar-refractivity contribution in [2.75, 3.05) is 32.2 Å². The summed E-state index contributed by atoms with van der Waals surface area (Å²) >= 11 is 7.92. The van der Waals surface area contributed by atoms with Gasteiger partial charge in [-0.05, 0) is 91.7 Å². The van der Waals surface area contributed by atoms with Gasteiger partial charge >= 0.3 is 0 Å². The van der Waals surface area contributed by atoms with Crippen LogP contribution in [0.25, 0.3) is 21.9 Å². The second-order valence-corrected chi connectivity index (χ2v) is 13.2. The van der Waals surface area contributed by atoms with Gasteiger partial charge in [0.15, 0.2) is 10.6 Å². The monoisotopic (exact) mass is 635 g/mol. The second-order valence-electron chi connectivity index (χ2n) is 11.6. The molecule has 0 atom stereocenters. The van der Waals surface area contributed by atoms with E-state index >= 15 is 0 Å². The van der Waals surface area contributed by atoms with Gasteiger partial charge in [0.05, 0.1) is 31.8 Å². The van der Waals surface area contributed by atoms with Crippen molar-refractivity contribution in [1.29, 1.82) is 0 Å². The Morgan fingerprint density at radius 1 is 0.800 bits per heavy atom. The van der Waals surface area contributed by atoms with Gasteiger partial charge < -0.3 is 23.9 Å². The van der Waals surface area contributed by atoms with E-state index in [-0.39, 0.29) is 0 Å². The molecule has 3 aromatic carbocycles. The van der Waals surface area contributed by atoms with E-state index < -0.39 is 0 Å². The maximum Gasteiger partial charge on any atom is 0.178 e. The van der Waals surface area contributed by atoms with Gasteiger partial charge in [0.2, 0.25) is 0 Å². The molecule has 7 nitrogen and oxygen atoms in total. The Morgan fingerprint density at radius 2 is 1.40 bits per heavy atom. The first-order valence-electron chi connectivity index (χ1n) is 15.4. The summed E-state index contributed by atoms with van der Waals surface area (Å²) < 4.78 is 13.8. The number of nitrogens with one attached hydrogen (secondary N) is 1. The zero-order valence-corrected chi connectivity index (χ0v) is 27.3. The normalized spacial score (nSPS) is 13.6. The summed E-state index contributed by atoms with van der Waals surface area (Å²) in [6, 6.07) is 29.4. The van der Waals surface area contributed by atoms with Gasteiger partial charge in [0, 0.05) is 34.8 Å². The third-order valence-corrected chi connectivity index (χ3v) is 9.94. The Balaban J connectivity index is 1.31. The number of hydrogen-bond donors (Lipinski definition) is 1. The highest BCUT2D eigenvalue weighted by atomic mass is 32.1. The number of pyridine rings is 1. The summed E-state index contributed by atoms with van der Waals surface area (Å²) in [4.78, 5) is 16.5. The maximum absolute atomic E-state index is 6.03. The molecule has 6 aromatic rings. The summed E-state index contributed by atoms with van der Waals surface area (Å²) in [5, 5.41) is 1.09. The lowest BCUT2D eigenvalue weighted by molar-refractivity contribution is 0.334. The van der Waals surface area contributed by atoms with E-state index in [9.17, 15) is 0 Å². The van der Waals surface area contributed by atoms with E-state index in [0.717, 1.165) is 56.9 Å². The number of nitrogens with zero attached hydrogens (tertiary/aromatic N) is 4. The minimum Gasteiger partial charge on any atom is -0.497 e. The number of H-pyrrole nitrogens is 1. The first-order chi connectivity index (χ1) is 22.1. The van der Waals surface area contributed by atoms with E-state index in [1.165, 1.54) is 35.7 Å². The molecule has 4 heterocycles. The van der Waals surface area contributed by atoms with Gasteiger partial charge in [0.1, 0.15) is 17.0 Å². The van der Waals surface area contributed by atoms with Crippen molar-refractivity contribution in [2.45, 2.75) is 39.0 Å². The molecule has 1 aliphatic rings. The summed E-state index contributed by atoms with van der Waals surface area (Å²) in [7, 11) is 3.39. The number of ether oxygens (including phenoxy) is 2. The highest BCUT2D eigenvalue weighted by molar-refractivity contribution is 7.71. The number of likely N-dealkylation sites (tertiary alicyclic amines) is 1. The van der Waals surface area contributed by atoms with Crippen molar-refractivity contribution < 1.29 is 9.47 Å². The third kappa shape index (κ3) is 6.33. The molecule has 1 N–H and O–H groups in total. The molecule has 0 radical (unpaired) electrons. The fourth-order valence-corrected chi connectivity index (χ4v) is 7.56. The van der Waals surface area contributed by atoms with Crippen LogP contribution < -0.4 is 14.4 Å². The van der Waals surface area contributed by atoms with Crippen LogP contribution in [0.2, 0.25) is 0 Å². The summed E-state index contributed by atoms with van der Waals surface area (Å²) in [5.74, 6) is 2.55. The van der Waals surface area contributed by atoms with E-state index in [2.05, 4.69) is 80.0 Å². The number of aromatic nitrogens is 3. The van der Waals surface area contributed by atoms with Crippen molar-refractivity contribution in [3.05, 3.63) is 111 Å². The average Bonchev–Trinajstić information content (AvgIpc) is 3.83. The molecule has 0 saturated carbocycles. The first-order valence-corrected chi connectivity index (χ1v) is 16.6. The number of anilines is 1. The predicted octanol–water partition coefficient (Wildman–Crippen LogP) is 8.18. The largest absolute Gasteiger partial charge is 0.497 e. The molecule has 1 saturated heterocycles. The minimum absolute atomic E-state index is 0.660. The SMILES string of the molecule is COc1ccc(CN(Cc2ccc(OC)cc2)c2nc3ccccc3c3c2[nH]c(=S)n3Cc2ccc(CN3CCCC3)s2)cc1. The quantitative estimate of drug-likeness (QED) is 0.145. The Morgan fingerprint density at radius 3 is 2.02 bits per heavy atom. The Bertz CT molecular complexity index is 1920. The van der Waals surface area contributed by atoms with Crippen LogP contribution in [-0.4, -0.2) is 46.7 Å². The standard InChI is InChI=1S/C36H37N5O2S2/c1-42-27-13-9-25(10-14-27)21-40(22-26-11-15-28(43-2)16-12-26)35-33-34(31-7-3-4-8-32(31)37-35)41(36(44)38-33)24-30-18-17-29(45-30)23-39-19-5-6-20-39/h3-4,7-18H,5-6,19-24H2,1-2H3,(H,38,44). The van der Waals surface area contributed by atoms with Crippen molar-refractivity contribution in [3.8, 4) is 11.5 Å². The lowest BCUT2D eigenvalue weighted by Gasteiger charge is -2.25. The van der Waals surface area contributed by atoms with Crippen molar-refractivity contribution >= 4 is 51.3 Å².